The minimum atomic E-state index is -1.04. The molecule has 0 fully saturated rings. The number of aromatic nitrogens is 1. The van der Waals surface area contributed by atoms with Gasteiger partial charge in [0.15, 0.2) is 0 Å². The van der Waals surface area contributed by atoms with Crippen LogP contribution in [0.3, 0.4) is 0 Å². The van der Waals surface area contributed by atoms with Gasteiger partial charge in [-0.05, 0) is 32.4 Å². The number of hydrogen-bond acceptors (Lipinski definition) is 5. The van der Waals surface area contributed by atoms with Crippen molar-refractivity contribution in [1.82, 2.24) is 10.3 Å². The third kappa shape index (κ3) is 4.82. The smallest absolute Gasteiger partial charge is 0.408 e. The summed E-state index contributed by atoms with van der Waals surface area (Å²) in [4.78, 5) is 38.4. The van der Waals surface area contributed by atoms with Crippen molar-refractivity contribution >= 4 is 12.0 Å². The van der Waals surface area contributed by atoms with Crippen LogP contribution < -0.4 is 16.6 Å². The molecule has 0 radical (unpaired) electrons. The first-order chi connectivity index (χ1) is 11.2. The molecular formula is C16H23N3O5. The van der Waals surface area contributed by atoms with Gasteiger partial charge in [0.1, 0.15) is 11.6 Å². The molecule has 1 aliphatic rings. The molecule has 0 saturated carbocycles. The summed E-state index contributed by atoms with van der Waals surface area (Å²) >= 11 is 0. The maximum absolute atomic E-state index is 12.2. The fourth-order valence-corrected chi connectivity index (χ4v) is 2.41. The highest BCUT2D eigenvalue weighted by Crippen LogP contribution is 2.14. The number of alkyl carbamates (subject to hydrolysis) is 1. The molecule has 0 spiro atoms. The normalized spacial score (nSPS) is 15.3. The number of H-pyrrole nitrogens is 1. The molecule has 2 heterocycles. The van der Waals surface area contributed by atoms with E-state index in [4.69, 9.17) is 15.2 Å². The minimum Gasteiger partial charge on any atom is -0.444 e. The Hall–Kier alpha value is -2.35. The summed E-state index contributed by atoms with van der Waals surface area (Å²) in [6, 6.07) is 0.656. The van der Waals surface area contributed by atoms with Crippen molar-refractivity contribution in [2.75, 3.05) is 6.61 Å². The number of rotatable bonds is 4. The Morgan fingerprint density at radius 2 is 2.17 bits per heavy atom. The molecule has 8 heteroatoms. The van der Waals surface area contributed by atoms with E-state index in [1.54, 1.807) is 26.8 Å². The molecular weight excluding hydrogens is 314 g/mol. The summed E-state index contributed by atoms with van der Waals surface area (Å²) in [6.07, 6.45) is -0.138. The fourth-order valence-electron chi connectivity index (χ4n) is 2.41. The number of primary amides is 1. The highest BCUT2D eigenvalue weighted by Gasteiger charge is 2.24. The zero-order valence-electron chi connectivity index (χ0n) is 14.1. The van der Waals surface area contributed by atoms with E-state index >= 15 is 0 Å². The summed E-state index contributed by atoms with van der Waals surface area (Å²) in [5, 5.41) is 2.41. The van der Waals surface area contributed by atoms with Gasteiger partial charge in [-0.2, -0.15) is 0 Å². The molecule has 1 atom stereocenters. The minimum absolute atomic E-state index is 0.0167. The number of amides is 2. The zero-order valence-corrected chi connectivity index (χ0v) is 14.1. The van der Waals surface area contributed by atoms with E-state index in [0.29, 0.717) is 25.2 Å². The van der Waals surface area contributed by atoms with Crippen LogP contribution in [0.4, 0.5) is 4.79 Å². The van der Waals surface area contributed by atoms with Crippen LogP contribution in [-0.2, 0) is 33.7 Å². The first kappa shape index (κ1) is 18.0. The van der Waals surface area contributed by atoms with Crippen molar-refractivity contribution in [3.05, 3.63) is 33.2 Å². The molecule has 1 aromatic rings. The molecule has 8 nitrogen and oxygen atoms in total. The number of pyridine rings is 1. The van der Waals surface area contributed by atoms with Crippen LogP contribution in [0.1, 0.15) is 37.6 Å². The van der Waals surface area contributed by atoms with Gasteiger partial charge in [-0.15, -0.1) is 0 Å². The average Bonchev–Trinajstić information content (AvgIpc) is 2.45. The summed E-state index contributed by atoms with van der Waals surface area (Å²) < 4.78 is 10.5. The van der Waals surface area contributed by atoms with E-state index in [-0.39, 0.29) is 12.0 Å². The first-order valence-corrected chi connectivity index (χ1v) is 7.76. The number of carbonyl (C=O) groups excluding carboxylic acids is 2. The number of nitrogens with two attached hydrogens (primary N) is 1. The summed E-state index contributed by atoms with van der Waals surface area (Å²) in [5.74, 6) is -0.741. The van der Waals surface area contributed by atoms with Gasteiger partial charge in [0, 0.05) is 24.1 Å². The van der Waals surface area contributed by atoms with Crippen LogP contribution in [0.5, 0.6) is 0 Å². The lowest BCUT2D eigenvalue weighted by Crippen LogP contribution is -2.48. The first-order valence-electron chi connectivity index (χ1n) is 7.76. The lowest BCUT2D eigenvalue weighted by atomic mass is 10.0. The zero-order chi connectivity index (χ0) is 17.9. The Labute approximate surface area is 139 Å². The largest absolute Gasteiger partial charge is 0.444 e. The maximum atomic E-state index is 12.2. The van der Waals surface area contributed by atoms with Crippen LogP contribution in [0, 0.1) is 0 Å². The van der Waals surface area contributed by atoms with Crippen molar-refractivity contribution in [3.63, 3.8) is 0 Å². The SMILES string of the molecule is CC(C)(C)OC(=O)NC(Cc1cc2c([nH]c1=O)CCOC2)C(N)=O. The van der Waals surface area contributed by atoms with Crippen LogP contribution in [0.25, 0.3) is 0 Å². The Balaban J connectivity index is 2.15. The number of nitrogens with one attached hydrogen (secondary N) is 2. The highest BCUT2D eigenvalue weighted by molar-refractivity contribution is 5.84. The molecule has 0 aromatic carbocycles. The van der Waals surface area contributed by atoms with Crippen LogP contribution in [-0.4, -0.2) is 35.2 Å². The van der Waals surface area contributed by atoms with E-state index in [2.05, 4.69) is 10.3 Å². The van der Waals surface area contributed by atoms with Gasteiger partial charge in [-0.3, -0.25) is 9.59 Å². The van der Waals surface area contributed by atoms with Gasteiger partial charge in [0.05, 0.1) is 13.2 Å². The lowest BCUT2D eigenvalue weighted by Gasteiger charge is -2.22. The summed E-state index contributed by atoms with van der Waals surface area (Å²) in [6.45, 7) is 6.09. The van der Waals surface area contributed by atoms with Gasteiger partial charge in [0.25, 0.3) is 5.56 Å². The number of ether oxygens (including phenoxy) is 2. The molecule has 4 N–H and O–H groups in total. The Kier molecular flexibility index (Phi) is 5.28. The average molecular weight is 337 g/mol. The summed E-state index contributed by atoms with van der Waals surface area (Å²) in [7, 11) is 0. The second-order valence-electron chi connectivity index (χ2n) is 6.74. The molecule has 1 aromatic heterocycles. The second kappa shape index (κ2) is 7.04. The maximum Gasteiger partial charge on any atom is 0.408 e. The van der Waals surface area contributed by atoms with Gasteiger partial charge < -0.3 is 25.5 Å². The van der Waals surface area contributed by atoms with E-state index in [0.717, 1.165) is 11.3 Å². The predicted molar refractivity (Wildman–Crippen MR) is 86.5 cm³/mol. The van der Waals surface area contributed by atoms with E-state index in [9.17, 15) is 14.4 Å². The molecule has 0 aliphatic carbocycles. The molecule has 2 rings (SSSR count). The topological polar surface area (TPSA) is 124 Å². The van der Waals surface area contributed by atoms with Crippen molar-refractivity contribution in [2.24, 2.45) is 5.73 Å². The van der Waals surface area contributed by atoms with Crippen molar-refractivity contribution in [2.45, 2.75) is 51.9 Å². The molecule has 132 valence electrons. The van der Waals surface area contributed by atoms with Crippen LogP contribution in [0.2, 0.25) is 0 Å². The highest BCUT2D eigenvalue weighted by atomic mass is 16.6. The quantitative estimate of drug-likeness (QED) is 0.732. The second-order valence-corrected chi connectivity index (χ2v) is 6.74. The standard InChI is InChI=1S/C16H23N3O5/c1-16(2,3)24-15(22)19-12(13(17)20)7-9-6-10-8-23-5-4-11(10)18-14(9)21/h6,12H,4-5,7-8H2,1-3H3,(H2,17,20)(H,18,21)(H,19,22). The van der Waals surface area contributed by atoms with Crippen molar-refractivity contribution in [1.29, 1.82) is 0 Å². The molecule has 0 saturated heterocycles. The van der Waals surface area contributed by atoms with Crippen molar-refractivity contribution in [3.8, 4) is 0 Å². The third-order valence-electron chi connectivity index (χ3n) is 3.50. The molecule has 0 bridgehead atoms. The Morgan fingerprint density at radius 3 is 2.79 bits per heavy atom. The van der Waals surface area contributed by atoms with Crippen LogP contribution in [0.15, 0.2) is 10.9 Å². The summed E-state index contributed by atoms with van der Waals surface area (Å²) in [5.41, 5.74) is 6.41. The number of hydrogen-bond donors (Lipinski definition) is 3. The lowest BCUT2D eigenvalue weighted by molar-refractivity contribution is -0.120. The van der Waals surface area contributed by atoms with Crippen LogP contribution >= 0.6 is 0 Å². The molecule has 24 heavy (non-hydrogen) atoms. The number of carbonyl (C=O) groups is 2. The fraction of sp³-hybridized carbons (Fsp3) is 0.562. The monoisotopic (exact) mass is 337 g/mol. The van der Waals surface area contributed by atoms with Gasteiger partial charge in [-0.25, -0.2) is 4.79 Å². The predicted octanol–water partition coefficient (Wildman–Crippen LogP) is 0.369. The molecule has 1 aliphatic heterocycles. The molecule has 2 amide bonds. The van der Waals surface area contributed by atoms with Gasteiger partial charge in [-0.1, -0.05) is 0 Å². The Bertz CT molecular complexity index is 690. The van der Waals surface area contributed by atoms with E-state index in [1.807, 2.05) is 0 Å². The van der Waals surface area contributed by atoms with E-state index < -0.39 is 23.6 Å². The van der Waals surface area contributed by atoms with Crippen molar-refractivity contribution < 1.29 is 19.1 Å². The number of aromatic amines is 1. The Morgan fingerprint density at radius 1 is 1.46 bits per heavy atom. The van der Waals surface area contributed by atoms with Gasteiger partial charge >= 0.3 is 6.09 Å². The van der Waals surface area contributed by atoms with Gasteiger partial charge in [0.2, 0.25) is 5.91 Å². The number of fused-ring (bicyclic) bond motifs is 1. The third-order valence-corrected chi connectivity index (χ3v) is 3.50. The van der Waals surface area contributed by atoms with E-state index in [1.165, 1.54) is 0 Å². The molecule has 1 unspecified atom stereocenters.